The minimum Gasteiger partial charge on any atom is -0.506 e. The quantitative estimate of drug-likeness (QED) is 0.550. The number of halogens is 1. The van der Waals surface area contributed by atoms with Gasteiger partial charge in [-0.25, -0.2) is 4.98 Å². The van der Waals surface area contributed by atoms with Crippen molar-refractivity contribution in [2.75, 3.05) is 0 Å². The van der Waals surface area contributed by atoms with Gasteiger partial charge in [0.2, 0.25) is 0 Å². The lowest BCUT2D eigenvalue weighted by Crippen LogP contribution is -1.92. The molecule has 0 unspecified atom stereocenters. The molecule has 0 bridgehead atoms. The number of nitriles is 1. The van der Waals surface area contributed by atoms with E-state index in [-0.39, 0.29) is 11.3 Å². The number of imidazole rings is 1. The summed E-state index contributed by atoms with van der Waals surface area (Å²) in [4.78, 5) is 7.35. The summed E-state index contributed by atoms with van der Waals surface area (Å²) in [6.45, 7) is 0. The molecular weight excluding hydrogens is 286 g/mol. The molecule has 21 heavy (non-hydrogen) atoms. The summed E-state index contributed by atoms with van der Waals surface area (Å²) in [6, 6.07) is 16.1. The minimum absolute atomic E-state index is 0.0773. The van der Waals surface area contributed by atoms with E-state index < -0.39 is 0 Å². The van der Waals surface area contributed by atoms with Crippen molar-refractivity contribution in [3.63, 3.8) is 0 Å². The fourth-order valence-electron chi connectivity index (χ4n) is 2.07. The van der Waals surface area contributed by atoms with E-state index in [4.69, 9.17) is 11.6 Å². The summed E-state index contributed by atoms with van der Waals surface area (Å²) in [5.41, 5.74) is 2.09. The lowest BCUT2D eigenvalue weighted by atomic mass is 10.1. The molecule has 0 radical (unpaired) electrons. The Bertz CT molecular complexity index is 857. The average Bonchev–Trinajstić information content (AvgIpc) is 2.91. The van der Waals surface area contributed by atoms with E-state index >= 15 is 0 Å². The zero-order valence-electron chi connectivity index (χ0n) is 10.8. The van der Waals surface area contributed by atoms with Crippen LogP contribution in [0.4, 0.5) is 0 Å². The van der Waals surface area contributed by atoms with E-state index in [9.17, 15) is 10.4 Å². The molecular formula is C16H10ClN3O. The summed E-state index contributed by atoms with van der Waals surface area (Å²) in [5.74, 6) is 0.176. The van der Waals surface area contributed by atoms with Crippen LogP contribution in [-0.2, 0) is 0 Å². The number of H-pyrrole nitrogens is 1. The molecule has 0 spiro atoms. The van der Waals surface area contributed by atoms with Crippen molar-refractivity contribution in [1.82, 2.24) is 9.97 Å². The SMILES string of the molecule is N#C/C(=C(/O)c1cccc(Cl)c1)c1nc2ccccc2[nH]1. The zero-order chi connectivity index (χ0) is 14.8. The maximum Gasteiger partial charge on any atom is 0.153 e. The smallest absolute Gasteiger partial charge is 0.153 e. The van der Waals surface area contributed by atoms with Gasteiger partial charge in [-0.1, -0.05) is 35.9 Å². The van der Waals surface area contributed by atoms with Crippen LogP contribution >= 0.6 is 11.6 Å². The van der Waals surface area contributed by atoms with Crippen LogP contribution in [0.5, 0.6) is 0 Å². The second-order valence-corrected chi connectivity index (χ2v) is 4.88. The molecule has 5 heteroatoms. The number of nitrogens with zero attached hydrogens (tertiary/aromatic N) is 2. The van der Waals surface area contributed by atoms with Crippen LogP contribution < -0.4 is 0 Å². The van der Waals surface area contributed by atoms with Crippen molar-refractivity contribution in [2.45, 2.75) is 0 Å². The molecule has 0 aliphatic rings. The standard InChI is InChI=1S/C16H10ClN3O/c17-11-5-3-4-10(8-11)15(21)12(9-18)16-19-13-6-1-2-7-14(13)20-16/h1-8,21H,(H,19,20)/b15-12-. The van der Waals surface area contributed by atoms with Gasteiger partial charge < -0.3 is 10.1 Å². The molecule has 0 saturated carbocycles. The first-order valence-corrected chi connectivity index (χ1v) is 6.61. The Morgan fingerprint density at radius 1 is 1.19 bits per heavy atom. The van der Waals surface area contributed by atoms with Crippen molar-refractivity contribution in [3.05, 3.63) is 64.9 Å². The molecule has 2 N–H and O–H groups in total. The van der Waals surface area contributed by atoms with E-state index in [1.165, 1.54) is 0 Å². The van der Waals surface area contributed by atoms with Crippen LogP contribution in [0, 0.1) is 11.3 Å². The Labute approximate surface area is 125 Å². The Hall–Kier alpha value is -2.77. The lowest BCUT2D eigenvalue weighted by Gasteiger charge is -2.03. The van der Waals surface area contributed by atoms with Crippen LogP contribution in [0.25, 0.3) is 22.4 Å². The van der Waals surface area contributed by atoms with E-state index in [2.05, 4.69) is 9.97 Å². The molecule has 0 saturated heterocycles. The summed E-state index contributed by atoms with van der Waals surface area (Å²) in [6.07, 6.45) is 0. The van der Waals surface area contributed by atoms with Crippen molar-refractivity contribution in [3.8, 4) is 6.07 Å². The molecule has 0 atom stereocenters. The number of hydrogen-bond acceptors (Lipinski definition) is 3. The average molecular weight is 296 g/mol. The number of hydrogen-bond donors (Lipinski definition) is 2. The van der Waals surface area contributed by atoms with Crippen LogP contribution in [0.2, 0.25) is 5.02 Å². The van der Waals surface area contributed by atoms with E-state index in [1.807, 2.05) is 30.3 Å². The molecule has 102 valence electrons. The van der Waals surface area contributed by atoms with Gasteiger partial charge in [0.15, 0.2) is 5.82 Å². The highest BCUT2D eigenvalue weighted by Crippen LogP contribution is 2.25. The van der Waals surface area contributed by atoms with Gasteiger partial charge in [0, 0.05) is 10.6 Å². The van der Waals surface area contributed by atoms with Crippen LogP contribution in [0.3, 0.4) is 0 Å². The summed E-state index contributed by atoms with van der Waals surface area (Å²) in [5, 5.41) is 20.2. The van der Waals surface area contributed by atoms with Crippen LogP contribution in [0.1, 0.15) is 11.4 Å². The number of aliphatic hydroxyl groups excluding tert-OH is 1. The van der Waals surface area contributed by atoms with Crippen molar-refractivity contribution < 1.29 is 5.11 Å². The highest BCUT2D eigenvalue weighted by Gasteiger charge is 2.14. The highest BCUT2D eigenvalue weighted by molar-refractivity contribution is 6.30. The summed E-state index contributed by atoms with van der Waals surface area (Å²) in [7, 11) is 0. The molecule has 3 aromatic rings. The Morgan fingerprint density at radius 3 is 2.71 bits per heavy atom. The largest absolute Gasteiger partial charge is 0.506 e. The first-order valence-electron chi connectivity index (χ1n) is 6.23. The Kier molecular flexibility index (Phi) is 3.35. The van der Waals surface area contributed by atoms with Gasteiger partial charge in [-0.15, -0.1) is 0 Å². The topological polar surface area (TPSA) is 72.7 Å². The predicted octanol–water partition coefficient (Wildman–Crippen LogP) is 4.17. The molecule has 1 heterocycles. The number of benzene rings is 2. The number of aromatic amines is 1. The molecule has 1 aromatic heterocycles. The first-order chi connectivity index (χ1) is 10.2. The van der Waals surface area contributed by atoms with Gasteiger partial charge in [-0.3, -0.25) is 0 Å². The van der Waals surface area contributed by atoms with Gasteiger partial charge in [-0.05, 0) is 24.3 Å². The number of aliphatic hydroxyl groups is 1. The van der Waals surface area contributed by atoms with Crippen molar-refractivity contribution in [1.29, 1.82) is 5.26 Å². The Morgan fingerprint density at radius 2 is 2.00 bits per heavy atom. The molecule has 0 amide bonds. The number of allylic oxidation sites excluding steroid dienone is 1. The fraction of sp³-hybridized carbons (Fsp3) is 0. The van der Waals surface area contributed by atoms with E-state index in [1.54, 1.807) is 24.3 Å². The molecule has 0 aliphatic heterocycles. The van der Waals surface area contributed by atoms with Crippen LogP contribution in [0.15, 0.2) is 48.5 Å². The third kappa shape index (κ3) is 2.47. The summed E-state index contributed by atoms with van der Waals surface area (Å²) >= 11 is 5.91. The zero-order valence-corrected chi connectivity index (χ0v) is 11.6. The first kappa shape index (κ1) is 13.2. The number of fused-ring (bicyclic) bond motifs is 1. The second-order valence-electron chi connectivity index (χ2n) is 4.45. The Balaban J connectivity index is 2.17. The van der Waals surface area contributed by atoms with Crippen molar-refractivity contribution >= 4 is 34.0 Å². The van der Waals surface area contributed by atoms with Gasteiger partial charge in [0.25, 0.3) is 0 Å². The molecule has 0 aliphatic carbocycles. The summed E-state index contributed by atoms with van der Waals surface area (Å²) < 4.78 is 0. The predicted molar refractivity (Wildman–Crippen MR) is 82.6 cm³/mol. The minimum atomic E-state index is -0.154. The number of nitrogens with one attached hydrogen (secondary N) is 1. The third-order valence-electron chi connectivity index (χ3n) is 3.07. The van der Waals surface area contributed by atoms with Gasteiger partial charge in [0.1, 0.15) is 17.4 Å². The third-order valence-corrected chi connectivity index (χ3v) is 3.31. The van der Waals surface area contributed by atoms with E-state index in [0.29, 0.717) is 16.4 Å². The van der Waals surface area contributed by atoms with Gasteiger partial charge in [0.05, 0.1) is 11.0 Å². The highest BCUT2D eigenvalue weighted by atomic mass is 35.5. The number of rotatable bonds is 2. The fourth-order valence-corrected chi connectivity index (χ4v) is 2.26. The maximum atomic E-state index is 10.3. The number of aromatic nitrogens is 2. The molecule has 0 fully saturated rings. The van der Waals surface area contributed by atoms with E-state index in [0.717, 1.165) is 11.0 Å². The lowest BCUT2D eigenvalue weighted by molar-refractivity contribution is 0.514. The van der Waals surface area contributed by atoms with Gasteiger partial charge in [-0.2, -0.15) is 5.26 Å². The number of para-hydroxylation sites is 2. The van der Waals surface area contributed by atoms with Crippen molar-refractivity contribution in [2.24, 2.45) is 0 Å². The normalized spacial score (nSPS) is 12.0. The molecule has 4 nitrogen and oxygen atoms in total. The monoisotopic (exact) mass is 295 g/mol. The maximum absolute atomic E-state index is 10.3. The second kappa shape index (κ2) is 5.31. The molecule has 3 rings (SSSR count). The molecule has 2 aromatic carbocycles. The van der Waals surface area contributed by atoms with Crippen LogP contribution in [-0.4, -0.2) is 15.1 Å². The van der Waals surface area contributed by atoms with Gasteiger partial charge >= 0.3 is 0 Å².